The number of hydrogen-bond acceptors (Lipinski definition) is 3. The number of nitrogens with zero attached hydrogens (tertiary/aromatic N) is 2. The molecule has 0 aliphatic carbocycles. The third kappa shape index (κ3) is 1.86. The molecule has 3 aromatic rings. The number of fused-ring (bicyclic) bond motifs is 2. The Morgan fingerprint density at radius 2 is 2.10 bits per heavy atom. The van der Waals surface area contributed by atoms with Crippen LogP contribution >= 0.6 is 0 Å². The van der Waals surface area contributed by atoms with E-state index in [-0.39, 0.29) is 11.7 Å². The first-order valence-electron chi connectivity index (χ1n) is 6.81. The Labute approximate surface area is 120 Å². The first kappa shape index (κ1) is 12.0. The molecule has 0 atom stereocenters. The maximum atomic E-state index is 11.5. The van der Waals surface area contributed by atoms with Crippen LogP contribution in [0.5, 0.6) is 5.75 Å². The highest BCUT2D eigenvalue weighted by Crippen LogP contribution is 2.38. The van der Waals surface area contributed by atoms with E-state index in [2.05, 4.69) is 10.3 Å². The quantitative estimate of drug-likeness (QED) is 0.673. The molecule has 0 saturated heterocycles. The smallest absolute Gasteiger partial charge is 0.224 e. The minimum Gasteiger partial charge on any atom is -0.506 e. The lowest BCUT2D eigenvalue weighted by Crippen LogP contribution is -2.19. The first-order chi connectivity index (χ1) is 10.2. The zero-order chi connectivity index (χ0) is 14.4. The van der Waals surface area contributed by atoms with Gasteiger partial charge in [0.25, 0.3) is 0 Å². The summed E-state index contributed by atoms with van der Waals surface area (Å²) in [6.45, 7) is 0. The molecule has 0 fully saturated rings. The minimum absolute atomic E-state index is 0.0649. The molecule has 1 aliphatic rings. The Kier molecular flexibility index (Phi) is 2.47. The maximum Gasteiger partial charge on any atom is 0.224 e. The minimum atomic E-state index is -0.0649. The molecule has 0 radical (unpaired) electrons. The van der Waals surface area contributed by atoms with Crippen LogP contribution in [-0.4, -0.2) is 20.4 Å². The highest BCUT2D eigenvalue weighted by atomic mass is 16.3. The van der Waals surface area contributed by atoms with Gasteiger partial charge in [-0.25, -0.2) is 4.98 Å². The van der Waals surface area contributed by atoms with Crippen LogP contribution in [0.2, 0.25) is 0 Å². The molecular formula is C16H13N3O2. The number of aromatic nitrogens is 2. The van der Waals surface area contributed by atoms with Gasteiger partial charge in [0, 0.05) is 24.4 Å². The number of amides is 1. The number of nitrogens with one attached hydrogen (secondary N) is 1. The van der Waals surface area contributed by atoms with Gasteiger partial charge in [-0.1, -0.05) is 6.07 Å². The Balaban J connectivity index is 1.92. The third-order valence-electron chi connectivity index (χ3n) is 3.80. The molecule has 1 amide bonds. The second-order valence-corrected chi connectivity index (χ2v) is 5.13. The van der Waals surface area contributed by atoms with E-state index in [4.69, 9.17) is 0 Å². The van der Waals surface area contributed by atoms with Crippen LogP contribution in [0.15, 0.2) is 42.7 Å². The number of carbonyl (C=O) groups is 1. The van der Waals surface area contributed by atoms with Crippen molar-refractivity contribution in [3.05, 3.63) is 48.3 Å². The van der Waals surface area contributed by atoms with E-state index in [1.54, 1.807) is 6.07 Å². The molecule has 21 heavy (non-hydrogen) atoms. The number of pyridine rings is 1. The van der Waals surface area contributed by atoms with E-state index < -0.39 is 0 Å². The summed E-state index contributed by atoms with van der Waals surface area (Å²) in [7, 11) is 0. The zero-order valence-electron chi connectivity index (χ0n) is 11.2. The van der Waals surface area contributed by atoms with Gasteiger partial charge < -0.3 is 14.8 Å². The number of hydrogen-bond donors (Lipinski definition) is 2. The lowest BCUT2D eigenvalue weighted by Gasteiger charge is -2.20. The number of carbonyl (C=O) groups excluding carboxylic acids is 1. The Bertz CT molecular complexity index is 834. The molecule has 1 aromatic carbocycles. The second kappa shape index (κ2) is 4.34. The fraction of sp³-hybridized carbons (Fsp3) is 0.125. The van der Waals surface area contributed by atoms with Crippen molar-refractivity contribution in [3.63, 3.8) is 0 Å². The van der Waals surface area contributed by atoms with Crippen LogP contribution in [-0.2, 0) is 11.2 Å². The van der Waals surface area contributed by atoms with Gasteiger partial charge in [0.05, 0.1) is 11.4 Å². The zero-order valence-corrected chi connectivity index (χ0v) is 11.2. The number of phenols is 1. The Morgan fingerprint density at radius 3 is 2.95 bits per heavy atom. The first-order valence-corrected chi connectivity index (χ1v) is 6.81. The van der Waals surface area contributed by atoms with E-state index in [1.165, 1.54) is 0 Å². The van der Waals surface area contributed by atoms with Crippen LogP contribution in [0, 0.1) is 0 Å². The van der Waals surface area contributed by atoms with Crippen LogP contribution < -0.4 is 5.32 Å². The van der Waals surface area contributed by atoms with Crippen LogP contribution in [0.3, 0.4) is 0 Å². The van der Waals surface area contributed by atoms with Crippen LogP contribution in [0.25, 0.3) is 16.9 Å². The van der Waals surface area contributed by atoms with Crippen molar-refractivity contribution in [2.45, 2.75) is 12.8 Å². The number of benzene rings is 1. The second-order valence-electron chi connectivity index (χ2n) is 5.13. The molecule has 3 heterocycles. The highest BCUT2D eigenvalue weighted by Gasteiger charge is 2.22. The summed E-state index contributed by atoms with van der Waals surface area (Å²) in [5, 5.41) is 12.7. The number of phenolic OH excluding ortho intramolecular Hbond substituents is 1. The van der Waals surface area contributed by atoms with Crippen molar-refractivity contribution in [1.82, 2.24) is 9.38 Å². The molecule has 0 bridgehead atoms. The third-order valence-corrected chi connectivity index (χ3v) is 3.80. The molecule has 4 rings (SSSR count). The van der Waals surface area contributed by atoms with Gasteiger partial charge in [-0.15, -0.1) is 0 Å². The van der Waals surface area contributed by atoms with Gasteiger partial charge in [0.15, 0.2) is 0 Å². The summed E-state index contributed by atoms with van der Waals surface area (Å²) < 4.78 is 1.95. The molecule has 5 heteroatoms. The summed E-state index contributed by atoms with van der Waals surface area (Å²) in [5.74, 6) is 0.0375. The van der Waals surface area contributed by atoms with E-state index in [9.17, 15) is 9.90 Å². The van der Waals surface area contributed by atoms with E-state index in [0.29, 0.717) is 18.5 Å². The number of anilines is 1. The molecule has 104 valence electrons. The van der Waals surface area contributed by atoms with Gasteiger partial charge in [0.1, 0.15) is 11.4 Å². The average molecular weight is 279 g/mol. The van der Waals surface area contributed by atoms with Gasteiger partial charge in [-0.2, -0.15) is 0 Å². The monoisotopic (exact) mass is 279 g/mol. The summed E-state index contributed by atoms with van der Waals surface area (Å²) >= 11 is 0. The van der Waals surface area contributed by atoms with E-state index >= 15 is 0 Å². The van der Waals surface area contributed by atoms with Crippen molar-refractivity contribution >= 4 is 17.2 Å². The standard InChI is InChI=1S/C16H13N3O2/c20-13-6-4-10(11-5-7-15(21)18-16(11)13)12-9-19-8-2-1-3-14(19)17-12/h1-4,6,8-9,20H,5,7H2,(H,18,21). The van der Waals surface area contributed by atoms with Gasteiger partial charge in [-0.3, -0.25) is 4.79 Å². The molecular weight excluding hydrogens is 266 g/mol. The topological polar surface area (TPSA) is 66.6 Å². The predicted molar refractivity (Wildman–Crippen MR) is 79.2 cm³/mol. The summed E-state index contributed by atoms with van der Waals surface area (Å²) in [4.78, 5) is 16.1. The van der Waals surface area contributed by atoms with Crippen molar-refractivity contribution in [2.24, 2.45) is 0 Å². The van der Waals surface area contributed by atoms with Crippen molar-refractivity contribution < 1.29 is 9.90 Å². The highest BCUT2D eigenvalue weighted by molar-refractivity contribution is 5.97. The van der Waals surface area contributed by atoms with Gasteiger partial charge in [-0.05, 0) is 36.2 Å². The van der Waals surface area contributed by atoms with E-state index in [0.717, 1.165) is 22.5 Å². The normalized spacial score (nSPS) is 14.0. The van der Waals surface area contributed by atoms with Crippen molar-refractivity contribution in [1.29, 1.82) is 0 Å². The Hall–Kier alpha value is -2.82. The molecule has 1 aliphatic heterocycles. The SMILES string of the molecule is O=C1CCc2c(-c3cn4ccccc4n3)ccc(O)c2N1. The predicted octanol–water partition coefficient (Wildman–Crippen LogP) is 2.59. The number of imidazole rings is 1. The maximum absolute atomic E-state index is 11.5. The van der Waals surface area contributed by atoms with Gasteiger partial charge in [0.2, 0.25) is 5.91 Å². The molecule has 0 unspecified atom stereocenters. The molecule has 5 nitrogen and oxygen atoms in total. The molecule has 0 saturated carbocycles. The average Bonchev–Trinajstić information content (AvgIpc) is 2.92. The Morgan fingerprint density at radius 1 is 1.19 bits per heavy atom. The fourth-order valence-corrected chi connectivity index (χ4v) is 2.78. The summed E-state index contributed by atoms with van der Waals surface area (Å²) in [5.41, 5.74) is 4.12. The molecule has 2 aromatic heterocycles. The van der Waals surface area contributed by atoms with Crippen LogP contribution in [0.4, 0.5) is 5.69 Å². The lowest BCUT2D eigenvalue weighted by molar-refractivity contribution is -0.116. The molecule has 0 spiro atoms. The van der Waals surface area contributed by atoms with Gasteiger partial charge >= 0.3 is 0 Å². The number of aromatic hydroxyl groups is 1. The largest absolute Gasteiger partial charge is 0.506 e. The summed E-state index contributed by atoms with van der Waals surface area (Å²) in [6.07, 6.45) is 4.94. The van der Waals surface area contributed by atoms with E-state index in [1.807, 2.05) is 41.1 Å². The van der Waals surface area contributed by atoms with Crippen LogP contribution in [0.1, 0.15) is 12.0 Å². The van der Waals surface area contributed by atoms with Crippen molar-refractivity contribution in [2.75, 3.05) is 5.32 Å². The fourth-order valence-electron chi connectivity index (χ4n) is 2.78. The lowest BCUT2D eigenvalue weighted by atomic mass is 9.95. The summed E-state index contributed by atoms with van der Waals surface area (Å²) in [6, 6.07) is 9.29. The molecule has 2 N–H and O–H groups in total. The van der Waals surface area contributed by atoms with Crippen molar-refractivity contribution in [3.8, 4) is 17.0 Å². The number of rotatable bonds is 1.